The average molecular weight is 335 g/mol. The van der Waals surface area contributed by atoms with E-state index in [1.54, 1.807) is 31.2 Å². The number of rotatable bonds is 3. The normalized spacial score (nSPS) is 11.4. The van der Waals surface area contributed by atoms with E-state index in [2.05, 4.69) is 15.9 Å². The van der Waals surface area contributed by atoms with Crippen LogP contribution in [-0.2, 0) is 4.79 Å². The molecule has 2 aromatic carbocycles. The molecule has 2 rings (SSSR count). The van der Waals surface area contributed by atoms with Crippen LogP contribution in [0.3, 0.4) is 0 Å². The van der Waals surface area contributed by atoms with Gasteiger partial charge in [-0.2, -0.15) is 0 Å². The summed E-state index contributed by atoms with van der Waals surface area (Å²) in [5.41, 5.74) is 1.63. The summed E-state index contributed by atoms with van der Waals surface area (Å²) in [7, 11) is 0. The molecule has 0 aliphatic rings. The Hall–Kier alpha value is -1.94. The Morgan fingerprint density at radius 1 is 1.25 bits per heavy atom. The van der Waals surface area contributed by atoms with E-state index in [4.69, 9.17) is 0 Å². The van der Waals surface area contributed by atoms with Gasteiger partial charge >= 0.3 is 5.97 Å². The smallest absolute Gasteiger partial charge is 0.336 e. The van der Waals surface area contributed by atoms with E-state index in [1.807, 2.05) is 12.1 Å². The molecule has 0 saturated carbocycles. The Kier molecular flexibility index (Phi) is 4.35. The number of benzene rings is 2. The number of aliphatic carboxylic acids is 1. The van der Waals surface area contributed by atoms with Crippen LogP contribution in [0.5, 0.6) is 0 Å². The van der Waals surface area contributed by atoms with E-state index >= 15 is 0 Å². The Bertz CT molecular complexity index is 693. The van der Waals surface area contributed by atoms with Crippen molar-refractivity contribution in [2.24, 2.45) is 0 Å². The summed E-state index contributed by atoms with van der Waals surface area (Å²) in [5.74, 6) is -1.50. The molecule has 0 aromatic heterocycles. The molecule has 0 spiro atoms. The van der Waals surface area contributed by atoms with Crippen LogP contribution in [-0.4, -0.2) is 11.1 Å². The van der Waals surface area contributed by atoms with Gasteiger partial charge in [-0.25, -0.2) is 9.18 Å². The highest BCUT2D eigenvalue weighted by Crippen LogP contribution is 2.22. The van der Waals surface area contributed by atoms with Crippen LogP contribution in [0.4, 0.5) is 4.39 Å². The monoisotopic (exact) mass is 334 g/mol. The van der Waals surface area contributed by atoms with Crippen molar-refractivity contribution < 1.29 is 14.3 Å². The summed E-state index contributed by atoms with van der Waals surface area (Å²) in [6.45, 7) is 1.64. The number of hydrogen-bond donors (Lipinski definition) is 1. The Morgan fingerprint density at radius 3 is 2.60 bits per heavy atom. The highest BCUT2D eigenvalue weighted by atomic mass is 79.9. The molecule has 0 aliphatic heterocycles. The lowest BCUT2D eigenvalue weighted by molar-refractivity contribution is -0.130. The first-order chi connectivity index (χ1) is 9.47. The summed E-state index contributed by atoms with van der Waals surface area (Å²) in [4.78, 5) is 11.4. The van der Waals surface area contributed by atoms with Crippen molar-refractivity contribution in [2.75, 3.05) is 0 Å². The van der Waals surface area contributed by atoms with Crippen LogP contribution in [0, 0.1) is 12.7 Å². The molecule has 0 fully saturated rings. The third-order valence-electron chi connectivity index (χ3n) is 2.87. The van der Waals surface area contributed by atoms with Crippen LogP contribution >= 0.6 is 15.9 Å². The van der Waals surface area contributed by atoms with Crippen molar-refractivity contribution in [1.82, 2.24) is 0 Å². The quantitative estimate of drug-likeness (QED) is 0.661. The molecule has 0 radical (unpaired) electrons. The topological polar surface area (TPSA) is 37.3 Å². The second kappa shape index (κ2) is 6.01. The SMILES string of the molecule is Cc1ccc(/C(=C/c2cccc(Br)c2)C(=O)O)cc1F. The summed E-state index contributed by atoms with van der Waals surface area (Å²) in [6.07, 6.45) is 1.52. The standard InChI is InChI=1S/C16H12BrFO2/c1-10-5-6-12(9-15(10)18)14(16(19)20)8-11-3-2-4-13(17)7-11/h2-9H,1H3,(H,19,20)/b14-8-. The van der Waals surface area contributed by atoms with Crippen molar-refractivity contribution in [2.45, 2.75) is 6.92 Å². The molecule has 0 bridgehead atoms. The fourth-order valence-electron chi connectivity index (χ4n) is 1.79. The van der Waals surface area contributed by atoms with Crippen LogP contribution in [0.1, 0.15) is 16.7 Å². The maximum absolute atomic E-state index is 13.6. The van der Waals surface area contributed by atoms with E-state index in [-0.39, 0.29) is 5.57 Å². The molecule has 2 aromatic rings. The maximum Gasteiger partial charge on any atom is 0.336 e. The lowest BCUT2D eigenvalue weighted by Gasteiger charge is -2.05. The van der Waals surface area contributed by atoms with Gasteiger partial charge in [0, 0.05) is 4.47 Å². The fraction of sp³-hybridized carbons (Fsp3) is 0.0625. The van der Waals surface area contributed by atoms with Crippen molar-refractivity contribution in [1.29, 1.82) is 0 Å². The second-order valence-electron chi connectivity index (χ2n) is 4.38. The Labute approximate surface area is 124 Å². The number of carboxylic acid groups (broad SMARTS) is 1. The van der Waals surface area contributed by atoms with Gasteiger partial charge in [0.15, 0.2) is 0 Å². The minimum Gasteiger partial charge on any atom is -0.478 e. The predicted molar refractivity (Wildman–Crippen MR) is 80.8 cm³/mol. The van der Waals surface area contributed by atoms with Gasteiger partial charge in [0.25, 0.3) is 0 Å². The van der Waals surface area contributed by atoms with Gasteiger partial charge in [-0.3, -0.25) is 0 Å². The number of hydrogen-bond acceptors (Lipinski definition) is 1. The first kappa shape index (κ1) is 14.5. The van der Waals surface area contributed by atoms with E-state index < -0.39 is 11.8 Å². The minimum absolute atomic E-state index is 0.0574. The molecule has 4 heteroatoms. The number of halogens is 2. The zero-order valence-electron chi connectivity index (χ0n) is 10.7. The number of aryl methyl sites for hydroxylation is 1. The summed E-state index contributed by atoms with van der Waals surface area (Å²) >= 11 is 3.33. The molecule has 2 nitrogen and oxygen atoms in total. The van der Waals surface area contributed by atoms with Crippen molar-refractivity contribution in [3.8, 4) is 0 Å². The zero-order valence-corrected chi connectivity index (χ0v) is 12.3. The number of carboxylic acids is 1. The van der Waals surface area contributed by atoms with Gasteiger partial charge in [-0.1, -0.05) is 40.2 Å². The Morgan fingerprint density at radius 2 is 2.00 bits per heavy atom. The minimum atomic E-state index is -1.09. The van der Waals surface area contributed by atoms with Gasteiger partial charge < -0.3 is 5.11 Å². The summed E-state index contributed by atoms with van der Waals surface area (Å²) < 4.78 is 14.4. The van der Waals surface area contributed by atoms with E-state index in [1.165, 1.54) is 12.1 Å². The molecular formula is C16H12BrFO2. The number of carbonyl (C=O) groups is 1. The van der Waals surface area contributed by atoms with Crippen molar-refractivity contribution in [3.05, 3.63) is 69.4 Å². The summed E-state index contributed by atoms with van der Waals surface area (Å²) in [5, 5.41) is 9.32. The molecule has 102 valence electrons. The molecular weight excluding hydrogens is 323 g/mol. The van der Waals surface area contributed by atoms with Crippen molar-refractivity contribution in [3.63, 3.8) is 0 Å². The third kappa shape index (κ3) is 3.33. The molecule has 1 N–H and O–H groups in total. The Balaban J connectivity index is 2.51. The summed E-state index contributed by atoms with van der Waals surface area (Å²) in [6, 6.07) is 11.7. The van der Waals surface area contributed by atoms with Crippen LogP contribution in [0.2, 0.25) is 0 Å². The van der Waals surface area contributed by atoms with Crippen LogP contribution < -0.4 is 0 Å². The molecule has 0 unspecified atom stereocenters. The molecule has 0 heterocycles. The van der Waals surface area contributed by atoms with Crippen LogP contribution in [0.25, 0.3) is 11.6 Å². The van der Waals surface area contributed by atoms with Gasteiger partial charge in [0.2, 0.25) is 0 Å². The average Bonchev–Trinajstić information content (AvgIpc) is 2.39. The van der Waals surface area contributed by atoms with Gasteiger partial charge in [0.1, 0.15) is 5.82 Å². The first-order valence-electron chi connectivity index (χ1n) is 5.94. The fourth-order valence-corrected chi connectivity index (χ4v) is 2.21. The maximum atomic E-state index is 13.6. The van der Waals surface area contributed by atoms with Crippen molar-refractivity contribution >= 4 is 33.5 Å². The second-order valence-corrected chi connectivity index (χ2v) is 5.30. The lowest BCUT2D eigenvalue weighted by Crippen LogP contribution is -2.00. The highest BCUT2D eigenvalue weighted by molar-refractivity contribution is 9.10. The molecule has 0 amide bonds. The van der Waals surface area contributed by atoms with E-state index in [9.17, 15) is 14.3 Å². The molecule has 0 atom stereocenters. The van der Waals surface area contributed by atoms with Gasteiger partial charge in [0.05, 0.1) is 5.57 Å². The predicted octanol–water partition coefficient (Wildman–Crippen LogP) is 4.52. The van der Waals surface area contributed by atoms with Crippen LogP contribution in [0.15, 0.2) is 46.9 Å². The molecule has 0 saturated heterocycles. The van der Waals surface area contributed by atoms with E-state index in [0.717, 1.165) is 10.0 Å². The first-order valence-corrected chi connectivity index (χ1v) is 6.74. The third-order valence-corrected chi connectivity index (χ3v) is 3.37. The largest absolute Gasteiger partial charge is 0.478 e. The van der Waals surface area contributed by atoms with E-state index in [0.29, 0.717) is 11.1 Å². The van der Waals surface area contributed by atoms with Gasteiger partial charge in [-0.05, 0) is 47.9 Å². The molecule has 0 aliphatic carbocycles. The zero-order chi connectivity index (χ0) is 14.7. The molecule has 20 heavy (non-hydrogen) atoms. The lowest BCUT2D eigenvalue weighted by atomic mass is 10.0. The highest BCUT2D eigenvalue weighted by Gasteiger charge is 2.12. The van der Waals surface area contributed by atoms with Gasteiger partial charge in [-0.15, -0.1) is 0 Å².